The maximum Gasteiger partial charge on any atom is 0.107 e. The maximum absolute atomic E-state index is 6.18. The Labute approximate surface area is 118 Å². The number of rotatable bonds is 5. The van der Waals surface area contributed by atoms with E-state index >= 15 is 0 Å². The Hall–Kier alpha value is -0.490. The van der Waals surface area contributed by atoms with E-state index in [9.17, 15) is 0 Å². The van der Waals surface area contributed by atoms with Crippen molar-refractivity contribution in [3.05, 3.63) is 16.6 Å². The van der Waals surface area contributed by atoms with Gasteiger partial charge >= 0.3 is 0 Å². The van der Waals surface area contributed by atoms with Crippen LogP contribution < -0.4 is 0 Å². The summed E-state index contributed by atoms with van der Waals surface area (Å²) in [5.74, 6) is 0. The normalized spacial score (nSPS) is 31.5. The van der Waals surface area contributed by atoms with Crippen molar-refractivity contribution in [2.75, 3.05) is 19.8 Å². The van der Waals surface area contributed by atoms with Crippen molar-refractivity contribution in [2.24, 2.45) is 0 Å². The third-order valence-corrected chi connectivity index (χ3v) is 4.84. The monoisotopic (exact) mass is 282 g/mol. The van der Waals surface area contributed by atoms with Crippen LogP contribution in [-0.2, 0) is 16.0 Å². The third-order valence-electron chi connectivity index (χ3n) is 4.08. The fraction of sp³-hybridized carbons (Fsp3) is 0.786. The zero-order valence-electron chi connectivity index (χ0n) is 11.5. The first kappa shape index (κ1) is 13.5. The van der Waals surface area contributed by atoms with Gasteiger partial charge in [-0.2, -0.15) is 0 Å². The quantitative estimate of drug-likeness (QED) is 0.830. The summed E-state index contributed by atoms with van der Waals surface area (Å²) in [6.45, 7) is 5.70. The summed E-state index contributed by atoms with van der Waals surface area (Å²) in [6, 6.07) is 0.585. The van der Waals surface area contributed by atoms with Crippen LogP contribution in [-0.4, -0.2) is 47.9 Å². The van der Waals surface area contributed by atoms with Crippen LogP contribution in [0.15, 0.2) is 11.6 Å². The molecule has 3 heterocycles. The van der Waals surface area contributed by atoms with Gasteiger partial charge in [-0.3, -0.25) is 4.90 Å². The lowest BCUT2D eigenvalue weighted by molar-refractivity contribution is -0.0985. The summed E-state index contributed by atoms with van der Waals surface area (Å²) >= 11 is 1.75. The first-order valence-electron chi connectivity index (χ1n) is 7.22. The van der Waals surface area contributed by atoms with E-state index in [1.807, 2.05) is 13.1 Å². The smallest absolute Gasteiger partial charge is 0.107 e. The van der Waals surface area contributed by atoms with Gasteiger partial charge in [-0.1, -0.05) is 0 Å². The number of hydrogen-bond acceptors (Lipinski definition) is 5. The van der Waals surface area contributed by atoms with Gasteiger partial charge in [0, 0.05) is 30.8 Å². The standard InChI is InChI=1S/C14H22N2O2S/c1-2-17-10-11-3-4-12-13(18-11)5-7-16(12)9-14-15-6-8-19-14/h6,8,11-13H,2-5,7,9-10H2,1H3/t11-,12-,13-/m0/s1. The van der Waals surface area contributed by atoms with Crippen LogP contribution in [0.25, 0.3) is 0 Å². The highest BCUT2D eigenvalue weighted by atomic mass is 32.1. The predicted molar refractivity (Wildman–Crippen MR) is 75.3 cm³/mol. The van der Waals surface area contributed by atoms with Crippen molar-refractivity contribution >= 4 is 11.3 Å². The second kappa shape index (κ2) is 6.31. The van der Waals surface area contributed by atoms with Crippen LogP contribution in [0.2, 0.25) is 0 Å². The van der Waals surface area contributed by atoms with E-state index in [4.69, 9.17) is 9.47 Å². The van der Waals surface area contributed by atoms with Gasteiger partial charge < -0.3 is 9.47 Å². The molecular formula is C14H22N2O2S. The lowest BCUT2D eigenvalue weighted by Gasteiger charge is -2.35. The highest BCUT2D eigenvalue weighted by Gasteiger charge is 2.39. The molecule has 3 atom stereocenters. The molecular weight excluding hydrogens is 260 g/mol. The Morgan fingerprint density at radius 3 is 3.21 bits per heavy atom. The van der Waals surface area contributed by atoms with Crippen molar-refractivity contribution in [1.29, 1.82) is 0 Å². The minimum atomic E-state index is 0.306. The average molecular weight is 282 g/mol. The largest absolute Gasteiger partial charge is 0.379 e. The number of ether oxygens (including phenoxy) is 2. The van der Waals surface area contributed by atoms with Crippen LogP contribution in [0.3, 0.4) is 0 Å². The van der Waals surface area contributed by atoms with Crippen molar-refractivity contribution in [2.45, 2.75) is 51.0 Å². The van der Waals surface area contributed by atoms with Gasteiger partial charge in [-0.25, -0.2) is 4.98 Å². The molecule has 0 amide bonds. The van der Waals surface area contributed by atoms with E-state index in [2.05, 4.69) is 15.3 Å². The number of thiazole rings is 1. The van der Waals surface area contributed by atoms with Gasteiger partial charge in [-0.15, -0.1) is 11.3 Å². The Kier molecular flexibility index (Phi) is 4.48. The summed E-state index contributed by atoms with van der Waals surface area (Å²) in [4.78, 5) is 6.93. The summed E-state index contributed by atoms with van der Waals surface area (Å²) in [6.07, 6.45) is 6.10. The molecule has 0 aromatic carbocycles. The topological polar surface area (TPSA) is 34.6 Å². The molecule has 0 saturated carbocycles. The van der Waals surface area contributed by atoms with Gasteiger partial charge in [0.25, 0.3) is 0 Å². The molecule has 2 saturated heterocycles. The molecule has 2 fully saturated rings. The van der Waals surface area contributed by atoms with Crippen LogP contribution in [0, 0.1) is 0 Å². The van der Waals surface area contributed by atoms with Crippen molar-refractivity contribution in [3.8, 4) is 0 Å². The Bertz CT molecular complexity index is 385. The molecule has 3 rings (SSSR count). The number of aromatic nitrogens is 1. The molecule has 0 N–H and O–H groups in total. The third kappa shape index (κ3) is 3.16. The molecule has 5 heteroatoms. The molecule has 0 aliphatic carbocycles. The number of fused-ring (bicyclic) bond motifs is 1. The number of hydrogen-bond donors (Lipinski definition) is 0. The van der Waals surface area contributed by atoms with Crippen LogP contribution >= 0.6 is 11.3 Å². The van der Waals surface area contributed by atoms with E-state index in [-0.39, 0.29) is 0 Å². The van der Waals surface area contributed by atoms with Crippen LogP contribution in [0.4, 0.5) is 0 Å². The van der Waals surface area contributed by atoms with Gasteiger partial charge in [0.15, 0.2) is 0 Å². The maximum atomic E-state index is 6.18. The highest BCUT2D eigenvalue weighted by molar-refractivity contribution is 7.09. The van der Waals surface area contributed by atoms with Crippen LogP contribution in [0.1, 0.15) is 31.2 Å². The number of likely N-dealkylation sites (tertiary alicyclic amines) is 1. The van der Waals surface area contributed by atoms with Gasteiger partial charge in [0.2, 0.25) is 0 Å². The SMILES string of the molecule is CCOC[C@@H]1CC[C@H]2[C@H](CCN2Cc2nccs2)O1. The molecule has 0 spiro atoms. The summed E-state index contributed by atoms with van der Waals surface area (Å²) in [5.41, 5.74) is 0. The van der Waals surface area contributed by atoms with E-state index < -0.39 is 0 Å². The van der Waals surface area contributed by atoms with E-state index in [0.29, 0.717) is 18.2 Å². The molecule has 2 aliphatic heterocycles. The fourth-order valence-electron chi connectivity index (χ4n) is 3.16. The average Bonchev–Trinajstić information content (AvgIpc) is 3.07. The Morgan fingerprint density at radius 1 is 1.47 bits per heavy atom. The van der Waals surface area contributed by atoms with Gasteiger partial charge in [0.1, 0.15) is 5.01 Å². The van der Waals surface area contributed by atoms with Crippen LogP contribution in [0.5, 0.6) is 0 Å². The molecule has 1 aromatic heterocycles. The predicted octanol–water partition coefficient (Wildman–Crippen LogP) is 2.30. The fourth-order valence-corrected chi connectivity index (χ4v) is 3.80. The molecule has 2 aliphatic rings. The van der Waals surface area contributed by atoms with Gasteiger partial charge in [-0.05, 0) is 26.2 Å². The first-order chi connectivity index (χ1) is 9.36. The Balaban J connectivity index is 1.53. The van der Waals surface area contributed by atoms with Crippen molar-refractivity contribution in [1.82, 2.24) is 9.88 Å². The molecule has 0 radical (unpaired) electrons. The summed E-state index contributed by atoms with van der Waals surface area (Å²) in [5, 5.41) is 3.27. The second-order valence-electron chi connectivity index (χ2n) is 5.29. The lowest BCUT2D eigenvalue weighted by atomic mass is 9.99. The summed E-state index contributed by atoms with van der Waals surface area (Å²) < 4.78 is 11.7. The lowest BCUT2D eigenvalue weighted by Crippen LogP contribution is -2.43. The molecule has 0 unspecified atom stereocenters. The van der Waals surface area contributed by atoms with Gasteiger partial charge in [0.05, 0.1) is 25.4 Å². The van der Waals surface area contributed by atoms with E-state index in [0.717, 1.165) is 39.1 Å². The molecule has 0 bridgehead atoms. The minimum absolute atomic E-state index is 0.306. The summed E-state index contributed by atoms with van der Waals surface area (Å²) in [7, 11) is 0. The molecule has 106 valence electrons. The highest BCUT2D eigenvalue weighted by Crippen LogP contribution is 2.32. The van der Waals surface area contributed by atoms with Crippen molar-refractivity contribution < 1.29 is 9.47 Å². The minimum Gasteiger partial charge on any atom is -0.379 e. The first-order valence-corrected chi connectivity index (χ1v) is 8.10. The second-order valence-corrected chi connectivity index (χ2v) is 6.26. The molecule has 4 nitrogen and oxygen atoms in total. The Morgan fingerprint density at radius 2 is 2.42 bits per heavy atom. The van der Waals surface area contributed by atoms with E-state index in [1.165, 1.54) is 11.4 Å². The van der Waals surface area contributed by atoms with E-state index in [1.54, 1.807) is 11.3 Å². The molecule has 1 aromatic rings. The zero-order chi connectivity index (χ0) is 13.1. The van der Waals surface area contributed by atoms with Crippen molar-refractivity contribution in [3.63, 3.8) is 0 Å². The molecule has 19 heavy (non-hydrogen) atoms. The number of nitrogens with zero attached hydrogens (tertiary/aromatic N) is 2. The zero-order valence-corrected chi connectivity index (χ0v) is 12.3.